The van der Waals surface area contributed by atoms with Crippen LogP contribution < -0.4 is 4.74 Å². The van der Waals surface area contributed by atoms with Gasteiger partial charge in [0.15, 0.2) is 0 Å². The summed E-state index contributed by atoms with van der Waals surface area (Å²) in [7, 11) is 1.69. The first kappa shape index (κ1) is 16.3. The molecule has 2 aliphatic rings. The highest BCUT2D eigenvalue weighted by Crippen LogP contribution is 2.24. The third kappa shape index (κ3) is 4.47. The first-order chi connectivity index (χ1) is 11.2. The van der Waals surface area contributed by atoms with E-state index in [9.17, 15) is 4.79 Å². The number of hydrogen-bond donors (Lipinski definition) is 0. The van der Waals surface area contributed by atoms with Gasteiger partial charge >= 0.3 is 0 Å². The molecule has 4 nitrogen and oxygen atoms in total. The molecule has 2 saturated heterocycles. The van der Waals surface area contributed by atoms with Crippen molar-refractivity contribution in [3.05, 3.63) is 29.8 Å². The monoisotopic (exact) mass is 317 g/mol. The molecule has 0 unspecified atom stereocenters. The van der Waals surface area contributed by atoms with E-state index in [2.05, 4.69) is 12.1 Å². The Labute approximate surface area is 138 Å². The van der Waals surface area contributed by atoms with Crippen molar-refractivity contribution < 1.29 is 14.3 Å². The van der Waals surface area contributed by atoms with Crippen LogP contribution >= 0.6 is 0 Å². The minimum atomic E-state index is 0.166. The number of carbonyl (C=O) groups is 1. The summed E-state index contributed by atoms with van der Waals surface area (Å²) < 4.78 is 10.8. The Bertz CT molecular complexity index is 500. The van der Waals surface area contributed by atoms with E-state index in [1.807, 2.05) is 17.0 Å². The Morgan fingerprint density at radius 2 is 1.96 bits per heavy atom. The molecular weight excluding hydrogens is 290 g/mol. The van der Waals surface area contributed by atoms with Crippen LogP contribution in [0.3, 0.4) is 0 Å². The van der Waals surface area contributed by atoms with Gasteiger partial charge in [-0.3, -0.25) is 4.79 Å². The van der Waals surface area contributed by atoms with Gasteiger partial charge in [-0.25, -0.2) is 0 Å². The van der Waals surface area contributed by atoms with Crippen molar-refractivity contribution >= 4 is 5.91 Å². The number of amides is 1. The Hall–Kier alpha value is -1.55. The van der Waals surface area contributed by atoms with Gasteiger partial charge in [-0.1, -0.05) is 12.1 Å². The first-order valence-corrected chi connectivity index (χ1v) is 8.77. The number of rotatable bonds is 5. The molecule has 1 aromatic rings. The zero-order valence-electron chi connectivity index (χ0n) is 14.0. The lowest BCUT2D eigenvalue weighted by Crippen LogP contribution is -2.40. The van der Waals surface area contributed by atoms with Crippen molar-refractivity contribution in [1.82, 2.24) is 4.90 Å². The van der Waals surface area contributed by atoms with Gasteiger partial charge in [0, 0.05) is 19.7 Å². The molecule has 126 valence electrons. The van der Waals surface area contributed by atoms with Crippen LogP contribution in [0, 0.1) is 5.92 Å². The third-order valence-electron chi connectivity index (χ3n) is 5.08. The maximum atomic E-state index is 12.3. The molecule has 3 rings (SSSR count). The first-order valence-electron chi connectivity index (χ1n) is 8.77. The fraction of sp³-hybridized carbons (Fsp3) is 0.632. The molecular formula is C19H27NO3. The van der Waals surface area contributed by atoms with Gasteiger partial charge in [0.05, 0.1) is 19.6 Å². The second kappa shape index (κ2) is 7.82. The Balaban J connectivity index is 1.43. The van der Waals surface area contributed by atoms with Crippen LogP contribution in [0.1, 0.15) is 37.7 Å². The van der Waals surface area contributed by atoms with Crippen LogP contribution in [-0.4, -0.2) is 43.7 Å². The lowest BCUT2D eigenvalue weighted by molar-refractivity contribution is -0.134. The lowest BCUT2D eigenvalue weighted by Gasteiger charge is -2.32. The highest BCUT2D eigenvalue weighted by molar-refractivity contribution is 5.76. The average Bonchev–Trinajstić information content (AvgIpc) is 3.09. The number of piperidine rings is 1. The van der Waals surface area contributed by atoms with Gasteiger partial charge in [-0.2, -0.15) is 0 Å². The standard InChI is InChI=1S/C19H27NO3/c1-22-17-6-4-15(5-7-17)13-16-8-10-20(11-9-16)19(21)14-18-3-2-12-23-18/h4-7,16,18H,2-3,8-14H2,1H3/t18-/m0/s1. The smallest absolute Gasteiger partial charge is 0.225 e. The van der Waals surface area contributed by atoms with Crippen LogP contribution in [0.15, 0.2) is 24.3 Å². The Morgan fingerprint density at radius 1 is 1.22 bits per heavy atom. The minimum Gasteiger partial charge on any atom is -0.497 e. The van der Waals surface area contributed by atoms with E-state index in [1.54, 1.807) is 7.11 Å². The van der Waals surface area contributed by atoms with Crippen LogP contribution in [0.4, 0.5) is 0 Å². The summed E-state index contributed by atoms with van der Waals surface area (Å²) in [6.45, 7) is 2.61. The van der Waals surface area contributed by atoms with Gasteiger partial charge in [-0.05, 0) is 55.7 Å². The van der Waals surface area contributed by atoms with Gasteiger partial charge in [0.2, 0.25) is 5.91 Å². The van der Waals surface area contributed by atoms with Crippen LogP contribution in [0.2, 0.25) is 0 Å². The largest absolute Gasteiger partial charge is 0.497 e. The van der Waals surface area contributed by atoms with E-state index in [1.165, 1.54) is 5.56 Å². The fourth-order valence-electron chi connectivity index (χ4n) is 3.61. The van der Waals surface area contributed by atoms with Gasteiger partial charge < -0.3 is 14.4 Å². The molecule has 0 N–H and O–H groups in total. The van der Waals surface area contributed by atoms with Gasteiger partial charge in [0.1, 0.15) is 5.75 Å². The molecule has 0 spiro atoms. The molecule has 1 atom stereocenters. The normalized spacial score (nSPS) is 22.3. The topological polar surface area (TPSA) is 38.8 Å². The average molecular weight is 317 g/mol. The molecule has 0 saturated carbocycles. The molecule has 23 heavy (non-hydrogen) atoms. The predicted octanol–water partition coefficient (Wildman–Crippen LogP) is 3.05. The van der Waals surface area contributed by atoms with Crippen molar-refractivity contribution in [2.75, 3.05) is 26.8 Å². The van der Waals surface area contributed by atoms with Crippen molar-refractivity contribution in [1.29, 1.82) is 0 Å². The number of carbonyl (C=O) groups excluding carboxylic acids is 1. The van der Waals surface area contributed by atoms with Crippen molar-refractivity contribution in [2.45, 2.75) is 44.6 Å². The van der Waals surface area contributed by atoms with E-state index in [-0.39, 0.29) is 12.0 Å². The molecule has 2 aliphatic heterocycles. The summed E-state index contributed by atoms with van der Waals surface area (Å²) in [5.41, 5.74) is 1.36. The summed E-state index contributed by atoms with van der Waals surface area (Å²) in [6, 6.07) is 8.34. The molecule has 2 heterocycles. The van der Waals surface area contributed by atoms with Crippen molar-refractivity contribution in [3.8, 4) is 5.75 Å². The number of nitrogens with zero attached hydrogens (tertiary/aromatic N) is 1. The lowest BCUT2D eigenvalue weighted by atomic mass is 9.90. The van der Waals surface area contributed by atoms with E-state index in [0.29, 0.717) is 12.3 Å². The van der Waals surface area contributed by atoms with Gasteiger partial charge in [0.25, 0.3) is 0 Å². The molecule has 4 heteroatoms. The number of hydrogen-bond acceptors (Lipinski definition) is 3. The maximum absolute atomic E-state index is 12.3. The predicted molar refractivity (Wildman–Crippen MR) is 89.6 cm³/mol. The van der Waals surface area contributed by atoms with Crippen LogP contribution in [0.5, 0.6) is 5.75 Å². The quantitative estimate of drug-likeness (QED) is 0.838. The molecule has 0 bridgehead atoms. The zero-order chi connectivity index (χ0) is 16.1. The highest BCUT2D eigenvalue weighted by atomic mass is 16.5. The molecule has 0 aliphatic carbocycles. The van der Waals surface area contributed by atoms with Crippen LogP contribution in [-0.2, 0) is 16.0 Å². The van der Waals surface area contributed by atoms with E-state index in [0.717, 1.165) is 57.6 Å². The fourth-order valence-corrected chi connectivity index (χ4v) is 3.61. The summed E-state index contributed by atoms with van der Waals surface area (Å²) >= 11 is 0. The van der Waals surface area contributed by atoms with Crippen molar-refractivity contribution in [3.63, 3.8) is 0 Å². The SMILES string of the molecule is COc1ccc(CC2CCN(C(=O)C[C@@H]3CCCO3)CC2)cc1. The Kier molecular flexibility index (Phi) is 5.55. The number of likely N-dealkylation sites (tertiary alicyclic amines) is 1. The molecule has 2 fully saturated rings. The molecule has 0 aromatic heterocycles. The molecule has 1 amide bonds. The summed E-state index contributed by atoms with van der Waals surface area (Å²) in [5, 5.41) is 0. The van der Waals surface area contributed by atoms with Crippen molar-refractivity contribution in [2.24, 2.45) is 5.92 Å². The summed E-state index contributed by atoms with van der Waals surface area (Å²) in [4.78, 5) is 14.4. The Morgan fingerprint density at radius 3 is 2.57 bits per heavy atom. The zero-order valence-corrected chi connectivity index (χ0v) is 14.0. The second-order valence-corrected chi connectivity index (χ2v) is 6.72. The third-order valence-corrected chi connectivity index (χ3v) is 5.08. The number of ether oxygens (including phenoxy) is 2. The van der Waals surface area contributed by atoms with E-state index >= 15 is 0 Å². The number of methoxy groups -OCH3 is 1. The summed E-state index contributed by atoms with van der Waals surface area (Å²) in [5.74, 6) is 1.86. The summed E-state index contributed by atoms with van der Waals surface area (Å²) in [6.07, 6.45) is 6.18. The highest BCUT2D eigenvalue weighted by Gasteiger charge is 2.26. The molecule has 1 aromatic carbocycles. The van der Waals surface area contributed by atoms with Gasteiger partial charge in [-0.15, -0.1) is 0 Å². The molecule has 0 radical (unpaired) electrons. The second-order valence-electron chi connectivity index (χ2n) is 6.72. The maximum Gasteiger partial charge on any atom is 0.225 e. The van der Waals surface area contributed by atoms with Crippen LogP contribution in [0.25, 0.3) is 0 Å². The number of benzene rings is 1. The van der Waals surface area contributed by atoms with E-state index < -0.39 is 0 Å². The minimum absolute atomic E-state index is 0.166. The van der Waals surface area contributed by atoms with E-state index in [4.69, 9.17) is 9.47 Å².